The summed E-state index contributed by atoms with van der Waals surface area (Å²) >= 11 is 6.36. The molecule has 2 heterocycles. The van der Waals surface area contributed by atoms with E-state index in [2.05, 4.69) is 37.3 Å². The lowest BCUT2D eigenvalue weighted by Crippen LogP contribution is -2.39. The van der Waals surface area contributed by atoms with Gasteiger partial charge in [0.1, 0.15) is 17.9 Å². The van der Waals surface area contributed by atoms with E-state index in [1.165, 1.54) is 7.11 Å². The molecule has 1 unspecified atom stereocenters. The lowest BCUT2D eigenvalue weighted by molar-refractivity contribution is 0.0984. The van der Waals surface area contributed by atoms with E-state index in [-0.39, 0.29) is 22.7 Å². The first kappa shape index (κ1) is 28.6. The summed E-state index contributed by atoms with van der Waals surface area (Å²) in [6.07, 6.45) is 0. The van der Waals surface area contributed by atoms with Crippen LogP contribution >= 0.6 is 11.6 Å². The Morgan fingerprint density at radius 1 is 1.07 bits per heavy atom. The number of ether oxygens (including phenoxy) is 3. The number of aromatic nitrogens is 1. The van der Waals surface area contributed by atoms with Crippen LogP contribution in [-0.2, 0) is 6.54 Å². The normalized spacial score (nSPS) is 14.7. The van der Waals surface area contributed by atoms with Crippen LogP contribution in [0.25, 0.3) is 10.9 Å². The number of aromatic amines is 1. The van der Waals surface area contributed by atoms with Crippen LogP contribution in [0.4, 0.5) is 17.1 Å². The highest BCUT2D eigenvalue weighted by Gasteiger charge is 2.35. The van der Waals surface area contributed by atoms with Gasteiger partial charge in [0, 0.05) is 35.4 Å². The Balaban J connectivity index is 1.49. The third-order valence-corrected chi connectivity index (χ3v) is 8.04. The summed E-state index contributed by atoms with van der Waals surface area (Å²) < 4.78 is 17.1. The van der Waals surface area contributed by atoms with Crippen LogP contribution in [0.3, 0.4) is 0 Å². The number of hydrogen-bond donors (Lipinski definition) is 2. The molecule has 41 heavy (non-hydrogen) atoms. The minimum absolute atomic E-state index is 0.000412. The second-order valence-corrected chi connectivity index (χ2v) is 10.9. The lowest BCUT2D eigenvalue weighted by Gasteiger charge is -2.30. The largest absolute Gasteiger partial charge is 0.733 e. The highest BCUT2D eigenvalue weighted by atomic mass is 35.5. The van der Waals surface area contributed by atoms with Crippen molar-refractivity contribution >= 4 is 45.5 Å². The number of methoxy groups -OCH3 is 3. The average Bonchev–Trinajstić information content (AvgIpc) is 3.57. The van der Waals surface area contributed by atoms with Crippen molar-refractivity contribution in [1.29, 1.82) is 0 Å². The van der Waals surface area contributed by atoms with E-state index in [1.54, 1.807) is 37.3 Å². The smallest absolute Gasteiger partial charge is 0.274 e. The van der Waals surface area contributed by atoms with Crippen LogP contribution in [0.15, 0.2) is 54.6 Å². The fourth-order valence-electron chi connectivity index (χ4n) is 5.51. The molecule has 1 amide bonds. The molecule has 0 spiro atoms. The number of amides is 1. The summed E-state index contributed by atoms with van der Waals surface area (Å²) in [5, 5.41) is 20.9. The summed E-state index contributed by atoms with van der Waals surface area (Å²) in [6.45, 7) is 1.09. The molecule has 3 aromatic carbocycles. The molecule has 4 aromatic rings. The molecule has 2 N–H and O–H groups in total. The number of quaternary nitrogens is 1. The van der Waals surface area contributed by atoms with Gasteiger partial charge in [0.2, 0.25) is 5.75 Å². The molecular formula is C30H33ClN4O6. The van der Waals surface area contributed by atoms with Crippen molar-refractivity contribution in [2.75, 3.05) is 58.0 Å². The Bertz CT molecular complexity index is 1580. The number of alkyl halides is 1. The summed E-state index contributed by atoms with van der Waals surface area (Å²) in [4.78, 5) is 19.0. The number of carbonyl (C=O) groups excluding carboxylic acids is 1. The molecule has 1 aromatic heterocycles. The molecule has 0 saturated carbocycles. The molecule has 10 nitrogen and oxygen atoms in total. The summed E-state index contributed by atoms with van der Waals surface area (Å²) in [5.41, 5.74) is 5.06. The van der Waals surface area contributed by atoms with Crippen LogP contribution in [0.5, 0.6) is 17.2 Å². The third-order valence-electron chi connectivity index (χ3n) is 7.66. The quantitative estimate of drug-likeness (QED) is 0.150. The Kier molecular flexibility index (Phi) is 7.76. The van der Waals surface area contributed by atoms with Gasteiger partial charge in [-0.25, -0.2) is 0 Å². The van der Waals surface area contributed by atoms with E-state index in [9.17, 15) is 10.0 Å². The Morgan fingerprint density at radius 3 is 2.39 bits per heavy atom. The van der Waals surface area contributed by atoms with E-state index in [4.69, 9.17) is 31.0 Å². The summed E-state index contributed by atoms with van der Waals surface area (Å²) in [5.74, 6) is 1.61. The van der Waals surface area contributed by atoms with Gasteiger partial charge in [-0.1, -0.05) is 18.2 Å². The predicted molar refractivity (Wildman–Crippen MR) is 161 cm³/mol. The van der Waals surface area contributed by atoms with E-state index in [0.717, 1.165) is 27.9 Å². The van der Waals surface area contributed by atoms with Crippen molar-refractivity contribution < 1.29 is 24.2 Å². The van der Waals surface area contributed by atoms with Crippen LogP contribution < -0.4 is 28.8 Å². The minimum atomic E-state index is -0.181. The maximum atomic E-state index is 14.0. The topological polar surface area (TPSA) is 110 Å². The predicted octanol–water partition coefficient (Wildman–Crippen LogP) is 5.64. The molecule has 5 rings (SSSR count). The first-order valence-electron chi connectivity index (χ1n) is 13.0. The molecule has 0 saturated heterocycles. The number of benzene rings is 3. The standard InChI is InChI=1S/C30H33ClN4O6/c1-35(2,17-18-6-8-21(9-7-18)34(37)38)22-10-11-23-20(15-31)16-33(25(23)14-22)30(36)24-12-19-13-26(39-3)28(40-4)29(41-5)27(19)32-24/h6-14,20,32,37H,15-17H2,1-5H3. The Morgan fingerprint density at radius 2 is 1.78 bits per heavy atom. The van der Waals surface area contributed by atoms with Gasteiger partial charge in [-0.3, -0.25) is 14.5 Å². The van der Waals surface area contributed by atoms with Gasteiger partial charge in [0.05, 0.1) is 52.3 Å². The minimum Gasteiger partial charge on any atom is -0.733 e. The second kappa shape index (κ2) is 11.1. The number of halogens is 1. The molecule has 1 aliphatic rings. The van der Waals surface area contributed by atoms with Crippen molar-refractivity contribution in [3.05, 3.63) is 76.6 Å². The Hall–Kier alpha value is -3.96. The van der Waals surface area contributed by atoms with Crippen molar-refractivity contribution in [1.82, 2.24) is 9.47 Å². The summed E-state index contributed by atoms with van der Waals surface area (Å²) in [6, 6.07) is 16.6. The van der Waals surface area contributed by atoms with E-state index in [1.807, 2.05) is 18.2 Å². The van der Waals surface area contributed by atoms with E-state index < -0.39 is 0 Å². The number of H-pyrrole nitrogens is 1. The molecule has 0 bridgehead atoms. The molecule has 216 valence electrons. The molecule has 0 aliphatic carbocycles. The average molecular weight is 581 g/mol. The summed E-state index contributed by atoms with van der Waals surface area (Å²) in [7, 11) is 8.79. The van der Waals surface area contributed by atoms with E-state index in [0.29, 0.717) is 51.9 Å². The van der Waals surface area contributed by atoms with Gasteiger partial charge in [-0.05, 0) is 35.9 Å². The first-order valence-corrected chi connectivity index (χ1v) is 13.6. The van der Waals surface area contributed by atoms with E-state index >= 15 is 0 Å². The van der Waals surface area contributed by atoms with Gasteiger partial charge in [-0.15, -0.1) is 11.6 Å². The zero-order valence-electron chi connectivity index (χ0n) is 23.6. The number of fused-ring (bicyclic) bond motifs is 2. The fourth-order valence-corrected chi connectivity index (χ4v) is 5.77. The number of nitrogens with one attached hydrogen (secondary N) is 1. The zero-order valence-corrected chi connectivity index (χ0v) is 24.4. The monoisotopic (exact) mass is 580 g/mol. The van der Waals surface area contributed by atoms with Gasteiger partial charge in [-0.2, -0.15) is 0 Å². The number of rotatable bonds is 9. The zero-order chi connectivity index (χ0) is 29.5. The van der Waals surface area contributed by atoms with Crippen LogP contribution in [0.1, 0.15) is 27.5 Å². The highest BCUT2D eigenvalue weighted by molar-refractivity contribution is 6.19. The SMILES string of the molecule is COc1cc2cc(C(=O)N3CC(CCl)c4ccc([N+](C)(C)Cc5ccc(N([O-])O)cc5)cc43)[nH]c2c(OC)c1OC. The van der Waals surface area contributed by atoms with Crippen molar-refractivity contribution in [2.24, 2.45) is 0 Å². The van der Waals surface area contributed by atoms with Gasteiger partial charge >= 0.3 is 0 Å². The number of hydrogen-bond acceptors (Lipinski definition) is 7. The van der Waals surface area contributed by atoms with Gasteiger partial charge < -0.3 is 34.5 Å². The first-order chi connectivity index (χ1) is 19.6. The third kappa shape index (κ3) is 5.15. The van der Waals surface area contributed by atoms with Gasteiger partial charge in [0.15, 0.2) is 11.5 Å². The molecule has 1 atom stereocenters. The molecule has 0 fully saturated rings. The van der Waals surface area contributed by atoms with Crippen LogP contribution in [0.2, 0.25) is 0 Å². The van der Waals surface area contributed by atoms with Gasteiger partial charge in [0.25, 0.3) is 5.91 Å². The van der Waals surface area contributed by atoms with Crippen molar-refractivity contribution in [3.8, 4) is 17.2 Å². The molecular weight excluding hydrogens is 548 g/mol. The molecule has 0 radical (unpaired) electrons. The van der Waals surface area contributed by atoms with Crippen molar-refractivity contribution in [2.45, 2.75) is 12.5 Å². The van der Waals surface area contributed by atoms with Crippen molar-refractivity contribution in [3.63, 3.8) is 0 Å². The maximum absolute atomic E-state index is 14.0. The molecule has 11 heteroatoms. The lowest BCUT2D eigenvalue weighted by atomic mass is 10.0. The highest BCUT2D eigenvalue weighted by Crippen LogP contribution is 2.44. The number of carbonyl (C=O) groups is 1. The maximum Gasteiger partial charge on any atom is 0.274 e. The Labute approximate surface area is 243 Å². The second-order valence-electron chi connectivity index (χ2n) is 10.6. The van der Waals surface area contributed by atoms with Crippen LogP contribution in [-0.4, -0.2) is 63.9 Å². The fraction of sp³-hybridized carbons (Fsp3) is 0.300. The van der Waals surface area contributed by atoms with Crippen LogP contribution in [0, 0.1) is 5.21 Å². The number of nitrogens with zero attached hydrogens (tertiary/aromatic N) is 3. The number of anilines is 2. The molecule has 1 aliphatic heterocycles.